The van der Waals surface area contributed by atoms with Crippen LogP contribution in [0.4, 0.5) is 18.9 Å². The van der Waals surface area contributed by atoms with Gasteiger partial charge in [-0.1, -0.05) is 0 Å². The normalized spacial score (nSPS) is 11.2. The van der Waals surface area contributed by atoms with E-state index < -0.39 is 36.2 Å². The Hall–Kier alpha value is -4.16. The fourth-order valence-corrected chi connectivity index (χ4v) is 3.20. The molecule has 2 aromatic heterocycles. The second kappa shape index (κ2) is 9.77. The van der Waals surface area contributed by atoms with Gasteiger partial charge in [0.15, 0.2) is 6.61 Å². The van der Waals surface area contributed by atoms with Crippen molar-refractivity contribution in [3.63, 3.8) is 0 Å². The summed E-state index contributed by atoms with van der Waals surface area (Å²) >= 11 is 0. The standard InChI is InChI=1S/C21H20F3N5O5/c1-4-33-19(31)17-11(2)18(27-12(17)3)20(32)34-8-16(30)28-14-7-13(21(22,23)24)5-6-15(14)29-10-25-9-26-29/h5-7,9-10,27H,4,8H2,1-3H3,(H,28,30). The molecular weight excluding hydrogens is 459 g/mol. The van der Waals surface area contributed by atoms with Crippen molar-refractivity contribution in [1.82, 2.24) is 19.7 Å². The minimum absolute atomic E-state index is 0.0456. The van der Waals surface area contributed by atoms with E-state index in [0.29, 0.717) is 5.69 Å². The number of aromatic nitrogens is 4. The molecule has 0 spiro atoms. The molecule has 180 valence electrons. The van der Waals surface area contributed by atoms with Crippen LogP contribution in [0.25, 0.3) is 5.69 Å². The lowest BCUT2D eigenvalue weighted by Crippen LogP contribution is -2.22. The average Bonchev–Trinajstić information content (AvgIpc) is 3.39. The smallest absolute Gasteiger partial charge is 0.416 e. The van der Waals surface area contributed by atoms with E-state index in [1.54, 1.807) is 13.8 Å². The van der Waals surface area contributed by atoms with Crippen LogP contribution in [0, 0.1) is 13.8 Å². The number of carbonyl (C=O) groups excluding carboxylic acids is 3. The molecule has 0 aliphatic heterocycles. The Balaban J connectivity index is 1.75. The highest BCUT2D eigenvalue weighted by atomic mass is 19.4. The topological polar surface area (TPSA) is 128 Å². The maximum atomic E-state index is 13.1. The van der Waals surface area contributed by atoms with Crippen molar-refractivity contribution in [2.45, 2.75) is 26.9 Å². The van der Waals surface area contributed by atoms with Crippen LogP contribution in [0.15, 0.2) is 30.9 Å². The van der Waals surface area contributed by atoms with Crippen LogP contribution in [-0.2, 0) is 20.4 Å². The van der Waals surface area contributed by atoms with Gasteiger partial charge in [0.1, 0.15) is 18.3 Å². The van der Waals surface area contributed by atoms with E-state index in [0.717, 1.165) is 18.2 Å². The lowest BCUT2D eigenvalue weighted by molar-refractivity contribution is -0.137. The predicted molar refractivity (Wildman–Crippen MR) is 111 cm³/mol. The first kappa shape index (κ1) is 24.5. The van der Waals surface area contributed by atoms with Gasteiger partial charge < -0.3 is 19.8 Å². The summed E-state index contributed by atoms with van der Waals surface area (Å²) in [6, 6.07) is 2.70. The zero-order chi connectivity index (χ0) is 25.0. The molecule has 0 fully saturated rings. The van der Waals surface area contributed by atoms with Gasteiger partial charge in [0.2, 0.25) is 0 Å². The molecule has 1 amide bonds. The molecule has 0 bridgehead atoms. The summed E-state index contributed by atoms with van der Waals surface area (Å²) in [6.07, 6.45) is -2.22. The second-order valence-electron chi connectivity index (χ2n) is 7.04. The van der Waals surface area contributed by atoms with Crippen LogP contribution in [-0.4, -0.2) is 50.8 Å². The third-order valence-electron chi connectivity index (χ3n) is 4.72. The number of carbonyl (C=O) groups is 3. The van der Waals surface area contributed by atoms with Crippen molar-refractivity contribution in [1.29, 1.82) is 0 Å². The van der Waals surface area contributed by atoms with E-state index in [2.05, 4.69) is 20.4 Å². The number of ether oxygens (including phenoxy) is 2. The number of anilines is 1. The average molecular weight is 479 g/mol. The Morgan fingerprint density at radius 1 is 1.15 bits per heavy atom. The molecule has 2 heterocycles. The predicted octanol–water partition coefficient (Wildman–Crippen LogP) is 3.20. The van der Waals surface area contributed by atoms with Gasteiger partial charge in [0, 0.05) is 5.69 Å². The number of amides is 1. The largest absolute Gasteiger partial charge is 0.462 e. The molecule has 0 aliphatic rings. The molecule has 10 nitrogen and oxygen atoms in total. The Bertz CT molecular complexity index is 1220. The van der Waals surface area contributed by atoms with Crippen molar-refractivity contribution >= 4 is 23.5 Å². The summed E-state index contributed by atoms with van der Waals surface area (Å²) < 4.78 is 50.6. The molecule has 0 saturated carbocycles. The summed E-state index contributed by atoms with van der Waals surface area (Å²) in [6.45, 7) is 4.08. The molecule has 0 radical (unpaired) electrons. The number of benzene rings is 1. The van der Waals surface area contributed by atoms with Gasteiger partial charge >= 0.3 is 18.1 Å². The van der Waals surface area contributed by atoms with Crippen molar-refractivity contribution in [3.05, 3.63) is 58.9 Å². The van der Waals surface area contributed by atoms with Gasteiger partial charge in [-0.3, -0.25) is 4.79 Å². The summed E-state index contributed by atoms with van der Waals surface area (Å²) in [4.78, 5) is 43.4. The van der Waals surface area contributed by atoms with Crippen LogP contribution >= 0.6 is 0 Å². The van der Waals surface area contributed by atoms with Crippen LogP contribution in [0.3, 0.4) is 0 Å². The Labute approximate surface area is 191 Å². The van der Waals surface area contributed by atoms with Crippen molar-refractivity contribution < 1.29 is 37.0 Å². The van der Waals surface area contributed by atoms with Gasteiger partial charge in [0.25, 0.3) is 5.91 Å². The first-order valence-electron chi connectivity index (χ1n) is 9.92. The molecule has 34 heavy (non-hydrogen) atoms. The SMILES string of the molecule is CCOC(=O)c1c(C)[nH]c(C(=O)OCC(=O)Nc2cc(C(F)(F)F)ccc2-n2cncn2)c1C. The van der Waals surface area contributed by atoms with Gasteiger partial charge in [0.05, 0.1) is 29.1 Å². The molecule has 0 atom stereocenters. The fraction of sp³-hybridized carbons (Fsp3) is 0.286. The van der Waals surface area contributed by atoms with Crippen LogP contribution in [0.1, 0.15) is 44.6 Å². The highest BCUT2D eigenvalue weighted by Crippen LogP contribution is 2.33. The summed E-state index contributed by atoms with van der Waals surface area (Å²) in [5.74, 6) is -2.43. The number of nitrogens with one attached hydrogen (secondary N) is 2. The van der Waals surface area contributed by atoms with E-state index in [-0.39, 0.29) is 34.8 Å². The van der Waals surface area contributed by atoms with Gasteiger partial charge in [-0.2, -0.15) is 18.3 Å². The van der Waals surface area contributed by atoms with Gasteiger partial charge in [-0.25, -0.2) is 19.3 Å². The highest BCUT2D eigenvalue weighted by Gasteiger charge is 2.31. The summed E-state index contributed by atoms with van der Waals surface area (Å²) in [7, 11) is 0. The number of H-pyrrole nitrogens is 1. The molecule has 1 aromatic carbocycles. The molecule has 3 rings (SSSR count). The molecule has 0 saturated heterocycles. The fourth-order valence-electron chi connectivity index (χ4n) is 3.20. The number of esters is 2. The molecule has 13 heteroatoms. The van der Waals surface area contributed by atoms with Gasteiger partial charge in [-0.05, 0) is 44.5 Å². The number of alkyl halides is 3. The van der Waals surface area contributed by atoms with Crippen molar-refractivity contribution in [3.8, 4) is 5.69 Å². The first-order valence-corrected chi connectivity index (χ1v) is 9.92. The molecule has 0 unspecified atom stereocenters. The first-order chi connectivity index (χ1) is 16.0. The van der Waals surface area contributed by atoms with E-state index in [9.17, 15) is 27.6 Å². The summed E-state index contributed by atoms with van der Waals surface area (Å²) in [5, 5.41) is 6.15. The molecular formula is C21H20F3N5O5. The maximum absolute atomic E-state index is 13.1. The van der Waals surface area contributed by atoms with E-state index >= 15 is 0 Å². The maximum Gasteiger partial charge on any atom is 0.416 e. The molecule has 0 aliphatic carbocycles. The molecule has 2 N–H and O–H groups in total. The van der Waals surface area contributed by atoms with Crippen LogP contribution < -0.4 is 5.32 Å². The number of aromatic amines is 1. The van der Waals surface area contributed by atoms with Crippen molar-refractivity contribution in [2.24, 2.45) is 0 Å². The Kier molecular flexibility index (Phi) is 7.03. The Morgan fingerprint density at radius 2 is 1.88 bits per heavy atom. The minimum atomic E-state index is -4.65. The third-order valence-corrected chi connectivity index (χ3v) is 4.72. The van der Waals surface area contributed by atoms with E-state index in [1.807, 2.05) is 0 Å². The number of halogens is 3. The second-order valence-corrected chi connectivity index (χ2v) is 7.04. The number of hydrogen-bond acceptors (Lipinski definition) is 7. The number of nitrogens with zero attached hydrogens (tertiary/aromatic N) is 3. The summed E-state index contributed by atoms with van der Waals surface area (Å²) in [5.41, 5.74) is -0.275. The number of hydrogen-bond donors (Lipinski definition) is 2. The number of aryl methyl sites for hydroxylation is 1. The Morgan fingerprint density at radius 3 is 2.50 bits per heavy atom. The number of rotatable bonds is 7. The lowest BCUT2D eigenvalue weighted by atomic mass is 10.1. The zero-order valence-corrected chi connectivity index (χ0v) is 18.3. The van der Waals surface area contributed by atoms with Crippen molar-refractivity contribution in [2.75, 3.05) is 18.5 Å². The minimum Gasteiger partial charge on any atom is -0.462 e. The van der Waals surface area contributed by atoms with Crippen LogP contribution in [0.5, 0.6) is 0 Å². The third kappa shape index (κ3) is 5.24. The quantitative estimate of drug-likeness (QED) is 0.498. The van der Waals surface area contributed by atoms with Crippen LogP contribution in [0.2, 0.25) is 0 Å². The van der Waals surface area contributed by atoms with E-state index in [1.165, 1.54) is 24.3 Å². The van der Waals surface area contributed by atoms with Gasteiger partial charge in [-0.15, -0.1) is 0 Å². The lowest BCUT2D eigenvalue weighted by Gasteiger charge is -2.14. The monoisotopic (exact) mass is 479 g/mol. The molecule has 3 aromatic rings. The zero-order valence-electron chi connectivity index (χ0n) is 18.3. The van der Waals surface area contributed by atoms with E-state index in [4.69, 9.17) is 9.47 Å². The highest BCUT2D eigenvalue weighted by molar-refractivity contribution is 6.00.